The van der Waals surface area contributed by atoms with Crippen LogP contribution in [0.1, 0.15) is 12.6 Å². The first-order valence-electron chi connectivity index (χ1n) is 5.22. The van der Waals surface area contributed by atoms with Crippen LogP contribution in [0.25, 0.3) is 0 Å². The van der Waals surface area contributed by atoms with Gasteiger partial charge in [0.05, 0.1) is 12.6 Å². The van der Waals surface area contributed by atoms with Crippen molar-refractivity contribution in [2.24, 2.45) is 0 Å². The van der Waals surface area contributed by atoms with Gasteiger partial charge in [0, 0.05) is 32.1 Å². The molecule has 0 fully saturated rings. The minimum atomic E-state index is -0.236. The van der Waals surface area contributed by atoms with Crippen molar-refractivity contribution in [2.75, 3.05) is 20.3 Å². The van der Waals surface area contributed by atoms with Crippen molar-refractivity contribution < 1.29 is 9.53 Å². The summed E-state index contributed by atoms with van der Waals surface area (Å²) >= 11 is 0. The minimum Gasteiger partial charge on any atom is -0.383 e. The highest BCUT2D eigenvalue weighted by atomic mass is 16.5. The average molecular weight is 226 g/mol. The van der Waals surface area contributed by atoms with Crippen molar-refractivity contribution in [2.45, 2.75) is 19.5 Å². The van der Waals surface area contributed by atoms with Crippen molar-refractivity contribution in [3.05, 3.63) is 18.0 Å². The van der Waals surface area contributed by atoms with Gasteiger partial charge in [-0.25, -0.2) is 0 Å². The van der Waals surface area contributed by atoms with E-state index >= 15 is 0 Å². The summed E-state index contributed by atoms with van der Waals surface area (Å²) in [6.07, 6.45) is 1.68. The lowest BCUT2D eigenvalue weighted by Gasteiger charge is -2.13. The zero-order chi connectivity index (χ0) is 11.8. The van der Waals surface area contributed by atoms with Gasteiger partial charge in [-0.3, -0.25) is 9.89 Å². The summed E-state index contributed by atoms with van der Waals surface area (Å²) in [4.78, 5) is 11.5. The number of aromatic amines is 1. The highest BCUT2D eigenvalue weighted by molar-refractivity contribution is 5.81. The number of nitrogens with one attached hydrogen (secondary N) is 3. The molecule has 90 valence electrons. The second-order valence-corrected chi connectivity index (χ2v) is 3.47. The van der Waals surface area contributed by atoms with Crippen molar-refractivity contribution in [3.63, 3.8) is 0 Å². The van der Waals surface area contributed by atoms with Gasteiger partial charge in [0.2, 0.25) is 5.91 Å². The first-order valence-corrected chi connectivity index (χ1v) is 5.22. The normalized spacial score (nSPS) is 12.4. The lowest BCUT2D eigenvalue weighted by Crippen LogP contribution is -2.42. The van der Waals surface area contributed by atoms with E-state index in [-0.39, 0.29) is 11.9 Å². The Morgan fingerprint density at radius 3 is 3.12 bits per heavy atom. The van der Waals surface area contributed by atoms with Gasteiger partial charge in [-0.2, -0.15) is 5.10 Å². The minimum absolute atomic E-state index is 0.0310. The lowest BCUT2D eigenvalue weighted by atomic mass is 10.3. The topological polar surface area (TPSA) is 79.0 Å². The molecule has 0 radical (unpaired) electrons. The van der Waals surface area contributed by atoms with Gasteiger partial charge in [-0.15, -0.1) is 0 Å². The van der Waals surface area contributed by atoms with E-state index in [4.69, 9.17) is 4.74 Å². The van der Waals surface area contributed by atoms with Gasteiger partial charge in [0.25, 0.3) is 0 Å². The smallest absolute Gasteiger partial charge is 0.236 e. The summed E-state index contributed by atoms with van der Waals surface area (Å²) in [6, 6.07) is 1.63. The number of aromatic nitrogens is 2. The molecule has 1 rings (SSSR count). The predicted octanol–water partition coefficient (Wildman–Crippen LogP) is -0.350. The number of nitrogens with zero attached hydrogens (tertiary/aromatic N) is 1. The molecule has 1 atom stereocenters. The molecule has 6 heteroatoms. The molecule has 3 N–H and O–H groups in total. The fraction of sp³-hybridized carbons (Fsp3) is 0.600. The van der Waals surface area contributed by atoms with E-state index in [1.54, 1.807) is 13.3 Å². The molecule has 0 bridgehead atoms. The Bertz CT molecular complexity index is 300. The molecule has 6 nitrogen and oxygen atoms in total. The van der Waals surface area contributed by atoms with Crippen LogP contribution in [0.4, 0.5) is 0 Å². The van der Waals surface area contributed by atoms with E-state index in [9.17, 15) is 4.79 Å². The molecular formula is C10H18N4O2. The highest BCUT2D eigenvalue weighted by Crippen LogP contribution is 1.92. The lowest BCUT2D eigenvalue weighted by molar-refractivity contribution is -0.122. The molecule has 0 saturated carbocycles. The summed E-state index contributed by atoms with van der Waals surface area (Å²) in [5.74, 6) is -0.0310. The molecule has 0 aliphatic heterocycles. The molecule has 0 aliphatic carbocycles. The van der Waals surface area contributed by atoms with Crippen LogP contribution in [0.5, 0.6) is 0 Å². The van der Waals surface area contributed by atoms with Crippen molar-refractivity contribution in [3.8, 4) is 0 Å². The van der Waals surface area contributed by atoms with Crippen LogP contribution in [0.15, 0.2) is 12.3 Å². The van der Waals surface area contributed by atoms with Crippen LogP contribution in [0, 0.1) is 0 Å². The van der Waals surface area contributed by atoms with E-state index in [2.05, 4.69) is 20.8 Å². The van der Waals surface area contributed by atoms with Gasteiger partial charge in [-0.05, 0) is 13.0 Å². The number of ether oxygens (including phenoxy) is 1. The monoisotopic (exact) mass is 226 g/mol. The summed E-state index contributed by atoms with van der Waals surface area (Å²) < 4.78 is 4.84. The van der Waals surface area contributed by atoms with Crippen molar-refractivity contribution in [1.29, 1.82) is 0 Å². The summed E-state index contributed by atoms with van der Waals surface area (Å²) in [5, 5.41) is 12.5. The van der Waals surface area contributed by atoms with Crippen molar-refractivity contribution >= 4 is 5.91 Å². The number of amides is 1. The van der Waals surface area contributed by atoms with Crippen LogP contribution in [-0.4, -0.2) is 42.4 Å². The SMILES string of the molecule is COCCNC(=O)C(C)NCc1ccn[nH]1. The van der Waals surface area contributed by atoms with Crippen LogP contribution >= 0.6 is 0 Å². The Hall–Kier alpha value is -1.40. The number of hydrogen-bond acceptors (Lipinski definition) is 4. The first-order chi connectivity index (χ1) is 7.74. The maximum Gasteiger partial charge on any atom is 0.236 e. The zero-order valence-electron chi connectivity index (χ0n) is 9.62. The summed E-state index contributed by atoms with van der Waals surface area (Å²) in [5.41, 5.74) is 0.955. The Labute approximate surface area is 94.8 Å². The third kappa shape index (κ3) is 4.41. The van der Waals surface area contributed by atoms with Crippen LogP contribution in [0.2, 0.25) is 0 Å². The van der Waals surface area contributed by atoms with Gasteiger partial charge >= 0.3 is 0 Å². The maximum atomic E-state index is 11.5. The van der Waals surface area contributed by atoms with E-state index < -0.39 is 0 Å². The van der Waals surface area contributed by atoms with E-state index in [0.717, 1.165) is 5.69 Å². The molecule has 1 amide bonds. The van der Waals surface area contributed by atoms with Crippen LogP contribution < -0.4 is 10.6 Å². The number of hydrogen-bond donors (Lipinski definition) is 3. The summed E-state index contributed by atoms with van der Waals surface area (Å²) in [6.45, 7) is 3.47. The number of carbonyl (C=O) groups is 1. The molecule has 0 aliphatic rings. The Balaban J connectivity index is 2.18. The van der Waals surface area contributed by atoms with E-state index in [1.807, 2.05) is 13.0 Å². The first kappa shape index (κ1) is 12.7. The number of H-pyrrole nitrogens is 1. The average Bonchev–Trinajstić information content (AvgIpc) is 2.79. The molecule has 1 heterocycles. The van der Waals surface area contributed by atoms with Crippen LogP contribution in [-0.2, 0) is 16.1 Å². The van der Waals surface area contributed by atoms with E-state index in [0.29, 0.717) is 19.7 Å². The molecular weight excluding hydrogens is 208 g/mol. The van der Waals surface area contributed by atoms with E-state index in [1.165, 1.54) is 0 Å². The van der Waals surface area contributed by atoms with Crippen LogP contribution in [0.3, 0.4) is 0 Å². The molecule has 1 aromatic heterocycles. The second kappa shape index (κ2) is 6.97. The summed E-state index contributed by atoms with van der Waals surface area (Å²) in [7, 11) is 1.60. The van der Waals surface area contributed by atoms with Gasteiger partial charge in [0.1, 0.15) is 0 Å². The Kier molecular flexibility index (Phi) is 5.52. The van der Waals surface area contributed by atoms with Gasteiger partial charge in [-0.1, -0.05) is 0 Å². The largest absolute Gasteiger partial charge is 0.383 e. The maximum absolute atomic E-state index is 11.5. The van der Waals surface area contributed by atoms with Crippen molar-refractivity contribution in [1.82, 2.24) is 20.8 Å². The third-order valence-electron chi connectivity index (χ3n) is 2.16. The molecule has 0 saturated heterocycles. The van der Waals surface area contributed by atoms with Gasteiger partial charge in [0.15, 0.2) is 0 Å². The molecule has 0 spiro atoms. The number of rotatable bonds is 7. The fourth-order valence-electron chi connectivity index (χ4n) is 1.17. The molecule has 1 aromatic rings. The quantitative estimate of drug-likeness (QED) is 0.555. The molecule has 1 unspecified atom stereocenters. The standard InChI is InChI=1S/C10H18N4O2/c1-8(10(15)11-5-6-16-2)12-7-9-3-4-13-14-9/h3-4,8,12H,5-7H2,1-2H3,(H,11,15)(H,13,14). The Morgan fingerprint density at radius 1 is 1.69 bits per heavy atom. The number of carbonyl (C=O) groups excluding carboxylic acids is 1. The number of methoxy groups -OCH3 is 1. The third-order valence-corrected chi connectivity index (χ3v) is 2.16. The fourth-order valence-corrected chi connectivity index (χ4v) is 1.17. The van der Waals surface area contributed by atoms with Gasteiger partial charge < -0.3 is 15.4 Å². The highest BCUT2D eigenvalue weighted by Gasteiger charge is 2.11. The second-order valence-electron chi connectivity index (χ2n) is 3.47. The molecule has 16 heavy (non-hydrogen) atoms. The Morgan fingerprint density at radius 2 is 2.50 bits per heavy atom. The predicted molar refractivity (Wildman–Crippen MR) is 59.8 cm³/mol. The zero-order valence-corrected chi connectivity index (χ0v) is 9.62. The molecule has 0 aromatic carbocycles.